The molecular weight excluding hydrogens is 582 g/mol. The quantitative estimate of drug-likeness (QED) is 0.209. The number of benzene rings is 3. The van der Waals surface area contributed by atoms with Crippen molar-refractivity contribution in [2.75, 3.05) is 27.9 Å². The van der Waals surface area contributed by atoms with Crippen LogP contribution in [0.4, 0.5) is 0 Å². The minimum absolute atomic E-state index is 0.000960. The number of methoxy groups -OCH3 is 3. The van der Waals surface area contributed by atoms with E-state index in [1.54, 1.807) is 44.4 Å². The number of likely N-dealkylation sites (tertiary alicyclic amines) is 1. The van der Waals surface area contributed by atoms with Gasteiger partial charge in [0.25, 0.3) is 0 Å². The number of rotatable bonds is 12. The number of phenolic OH excluding ortho intramolecular Hbond substituents is 1. The molecule has 0 radical (unpaired) electrons. The number of aryl methyl sites for hydroxylation is 1. The van der Waals surface area contributed by atoms with Crippen LogP contribution in [0.15, 0.2) is 66.7 Å². The van der Waals surface area contributed by atoms with Gasteiger partial charge < -0.3 is 29.0 Å². The van der Waals surface area contributed by atoms with E-state index in [0.717, 1.165) is 55.4 Å². The van der Waals surface area contributed by atoms with E-state index in [9.17, 15) is 14.7 Å². The maximum Gasteiger partial charge on any atom is 0.329 e. The molecule has 3 aromatic rings. The van der Waals surface area contributed by atoms with E-state index in [2.05, 4.69) is 0 Å². The second-order valence-corrected chi connectivity index (χ2v) is 12.4. The van der Waals surface area contributed by atoms with Crippen LogP contribution in [-0.4, -0.2) is 55.8 Å². The fourth-order valence-electron chi connectivity index (χ4n) is 7.11. The molecule has 5 rings (SSSR count). The predicted octanol–water partition coefficient (Wildman–Crippen LogP) is 7.38. The van der Waals surface area contributed by atoms with Crippen LogP contribution >= 0.6 is 0 Å². The highest BCUT2D eigenvalue weighted by Crippen LogP contribution is 2.40. The Labute approximate surface area is 272 Å². The van der Waals surface area contributed by atoms with Gasteiger partial charge in [-0.2, -0.15) is 0 Å². The van der Waals surface area contributed by atoms with Crippen LogP contribution < -0.4 is 14.2 Å². The Morgan fingerprint density at radius 3 is 2.28 bits per heavy atom. The van der Waals surface area contributed by atoms with Crippen molar-refractivity contribution < 1.29 is 33.6 Å². The number of hydrogen-bond donors (Lipinski definition) is 1. The minimum Gasteiger partial charge on any atom is -0.508 e. The fourth-order valence-corrected chi connectivity index (χ4v) is 7.11. The van der Waals surface area contributed by atoms with Crippen LogP contribution in [0.25, 0.3) is 0 Å². The van der Waals surface area contributed by atoms with Crippen molar-refractivity contribution in [3.8, 4) is 23.0 Å². The van der Waals surface area contributed by atoms with Crippen molar-refractivity contribution in [3.05, 3.63) is 83.4 Å². The molecular formula is C38H47NO7. The van der Waals surface area contributed by atoms with Crippen LogP contribution in [-0.2, 0) is 20.7 Å². The number of ether oxygens (including phenoxy) is 4. The van der Waals surface area contributed by atoms with Crippen molar-refractivity contribution in [2.45, 2.75) is 82.3 Å². The smallest absolute Gasteiger partial charge is 0.329 e. The monoisotopic (exact) mass is 629 g/mol. The van der Waals surface area contributed by atoms with Crippen LogP contribution in [0.3, 0.4) is 0 Å². The summed E-state index contributed by atoms with van der Waals surface area (Å²) in [4.78, 5) is 30.4. The molecule has 2 aliphatic rings. The lowest BCUT2D eigenvalue weighted by molar-refractivity contribution is -0.163. The molecule has 2 fully saturated rings. The summed E-state index contributed by atoms with van der Waals surface area (Å²) >= 11 is 0. The van der Waals surface area contributed by atoms with Crippen molar-refractivity contribution >= 4 is 11.9 Å². The first-order valence-electron chi connectivity index (χ1n) is 16.6. The molecule has 1 saturated heterocycles. The molecule has 0 bridgehead atoms. The second kappa shape index (κ2) is 15.9. The van der Waals surface area contributed by atoms with Gasteiger partial charge in [-0.1, -0.05) is 49.6 Å². The van der Waals surface area contributed by atoms with Gasteiger partial charge in [-0.25, -0.2) is 4.79 Å². The first kappa shape index (κ1) is 33.2. The maximum absolute atomic E-state index is 14.6. The number of hydrogen-bond acceptors (Lipinski definition) is 7. The van der Waals surface area contributed by atoms with Gasteiger partial charge in [-0.05, 0) is 104 Å². The molecule has 1 heterocycles. The Morgan fingerprint density at radius 2 is 1.54 bits per heavy atom. The molecule has 3 atom stereocenters. The number of piperidine rings is 1. The number of phenols is 1. The van der Waals surface area contributed by atoms with E-state index < -0.39 is 18.1 Å². The third-order valence-corrected chi connectivity index (χ3v) is 9.54. The molecule has 3 aromatic carbocycles. The molecule has 8 heteroatoms. The van der Waals surface area contributed by atoms with E-state index in [1.165, 1.54) is 6.42 Å². The molecule has 0 spiro atoms. The average molecular weight is 630 g/mol. The molecule has 0 unspecified atom stereocenters. The molecule has 1 amide bonds. The van der Waals surface area contributed by atoms with Gasteiger partial charge in [-0.15, -0.1) is 0 Å². The van der Waals surface area contributed by atoms with E-state index in [1.807, 2.05) is 48.5 Å². The first-order chi connectivity index (χ1) is 22.4. The summed E-state index contributed by atoms with van der Waals surface area (Å²) in [6.45, 7) is 0.522. The summed E-state index contributed by atoms with van der Waals surface area (Å²) < 4.78 is 22.7. The lowest BCUT2D eigenvalue weighted by Gasteiger charge is -2.39. The fraction of sp³-hybridized carbons (Fsp3) is 0.474. The first-order valence-corrected chi connectivity index (χ1v) is 16.6. The number of nitrogens with zero attached hydrogens (tertiary/aromatic N) is 1. The van der Waals surface area contributed by atoms with Crippen molar-refractivity contribution in [1.82, 2.24) is 4.90 Å². The molecule has 8 nitrogen and oxygen atoms in total. The predicted molar refractivity (Wildman–Crippen MR) is 176 cm³/mol. The Kier molecular flexibility index (Phi) is 11.4. The van der Waals surface area contributed by atoms with Gasteiger partial charge >= 0.3 is 5.97 Å². The molecule has 246 valence electrons. The summed E-state index contributed by atoms with van der Waals surface area (Å²) in [5.74, 6) is 1.58. The van der Waals surface area contributed by atoms with Gasteiger partial charge in [0, 0.05) is 6.54 Å². The van der Waals surface area contributed by atoms with Crippen LogP contribution in [0.2, 0.25) is 0 Å². The molecule has 0 aromatic heterocycles. The zero-order valence-corrected chi connectivity index (χ0v) is 27.3. The minimum atomic E-state index is -0.668. The summed E-state index contributed by atoms with van der Waals surface area (Å²) in [7, 11) is 4.84. The van der Waals surface area contributed by atoms with Gasteiger partial charge in [0.15, 0.2) is 11.5 Å². The number of aromatic hydroxyl groups is 1. The molecule has 46 heavy (non-hydrogen) atoms. The third-order valence-electron chi connectivity index (χ3n) is 9.54. The zero-order chi connectivity index (χ0) is 32.5. The topological polar surface area (TPSA) is 94.5 Å². The van der Waals surface area contributed by atoms with Gasteiger partial charge in [0.2, 0.25) is 5.91 Å². The van der Waals surface area contributed by atoms with Crippen molar-refractivity contribution in [3.63, 3.8) is 0 Å². The maximum atomic E-state index is 14.6. The van der Waals surface area contributed by atoms with E-state index in [-0.39, 0.29) is 23.5 Å². The Hall–Kier alpha value is -4.20. The Balaban J connectivity index is 1.38. The number of esters is 1. The summed E-state index contributed by atoms with van der Waals surface area (Å²) in [5, 5.41) is 10.3. The van der Waals surface area contributed by atoms with Crippen molar-refractivity contribution in [1.29, 1.82) is 0 Å². The Morgan fingerprint density at radius 1 is 0.804 bits per heavy atom. The number of carbonyl (C=O) groups excluding carboxylic acids is 2. The number of amides is 1. The highest BCUT2D eigenvalue weighted by molar-refractivity contribution is 5.89. The zero-order valence-electron chi connectivity index (χ0n) is 27.3. The normalized spacial score (nSPS) is 18.3. The van der Waals surface area contributed by atoms with Gasteiger partial charge in [0.1, 0.15) is 23.6 Å². The average Bonchev–Trinajstić information content (AvgIpc) is 3.10. The lowest BCUT2D eigenvalue weighted by Crippen LogP contribution is -2.51. The van der Waals surface area contributed by atoms with Gasteiger partial charge in [0.05, 0.1) is 27.2 Å². The standard InChI is InChI=1S/C38H47NO7/c1-43-31-16-10-14-29(25-31)36(27-11-5-4-6-12-27)37(41)39-22-8-7-17-32(39)38(42)46-33(28-13-9-15-30(40)24-28)20-18-26-19-21-34(44-2)35(23-26)45-3/h9-10,13-16,19,21,23-25,27,32-33,36,40H,4-8,11-12,17-18,20,22H2,1-3H3/t32-,33+,36-/m0/s1. The third kappa shape index (κ3) is 7.95. The highest BCUT2D eigenvalue weighted by atomic mass is 16.5. The molecule has 1 N–H and O–H groups in total. The van der Waals surface area contributed by atoms with Crippen molar-refractivity contribution in [2.24, 2.45) is 5.92 Å². The molecule has 1 aliphatic carbocycles. The van der Waals surface area contributed by atoms with E-state index in [4.69, 9.17) is 18.9 Å². The SMILES string of the molecule is COc1cccc([C@@H](C(=O)N2CCCC[C@H]2C(=O)O[C@H](CCc2ccc(OC)c(OC)c2)c2cccc(O)c2)C2CCCCC2)c1. The lowest BCUT2D eigenvalue weighted by atomic mass is 9.75. The Bertz CT molecular complexity index is 1470. The largest absolute Gasteiger partial charge is 0.508 e. The van der Waals surface area contributed by atoms with Crippen LogP contribution in [0.1, 0.15) is 86.5 Å². The number of carbonyl (C=O) groups is 2. The molecule has 1 aliphatic heterocycles. The summed E-state index contributed by atoms with van der Waals surface area (Å²) in [5.41, 5.74) is 2.66. The van der Waals surface area contributed by atoms with E-state index >= 15 is 0 Å². The van der Waals surface area contributed by atoms with Crippen LogP contribution in [0.5, 0.6) is 23.0 Å². The second-order valence-electron chi connectivity index (χ2n) is 12.4. The summed E-state index contributed by atoms with van der Waals surface area (Å²) in [6.07, 6.45) is 8.11. The van der Waals surface area contributed by atoms with Crippen LogP contribution in [0, 0.1) is 5.92 Å². The van der Waals surface area contributed by atoms with Gasteiger partial charge in [-0.3, -0.25) is 4.79 Å². The summed E-state index contributed by atoms with van der Waals surface area (Å²) in [6, 6.07) is 19.8. The van der Waals surface area contributed by atoms with E-state index in [0.29, 0.717) is 42.9 Å². The molecule has 1 saturated carbocycles. The highest BCUT2D eigenvalue weighted by Gasteiger charge is 2.41.